The van der Waals surface area contributed by atoms with E-state index in [0.29, 0.717) is 18.5 Å². The third kappa shape index (κ3) is 2.86. The topological polar surface area (TPSA) is 58.4 Å². The highest BCUT2D eigenvalue weighted by Crippen LogP contribution is 2.34. The maximum atomic E-state index is 13.2. The number of benzene rings is 1. The summed E-state index contributed by atoms with van der Waals surface area (Å²) in [5, 5.41) is 9.52. The number of imidazole rings is 1. The van der Waals surface area contributed by atoms with Gasteiger partial charge in [-0.1, -0.05) is 0 Å². The third-order valence-electron chi connectivity index (χ3n) is 4.16. The SMILES string of the molecule is CC(C)n1c(C(F)(F)F)nc2cc(C(=O)N3CC[C@@H](O)C3)ccc21. The van der Waals surface area contributed by atoms with Crippen molar-refractivity contribution in [1.29, 1.82) is 0 Å². The maximum Gasteiger partial charge on any atom is 0.449 e. The number of carbonyl (C=O) groups is 1. The van der Waals surface area contributed by atoms with Crippen molar-refractivity contribution in [3.05, 3.63) is 29.6 Å². The monoisotopic (exact) mass is 341 g/mol. The minimum Gasteiger partial charge on any atom is -0.391 e. The van der Waals surface area contributed by atoms with Gasteiger partial charge >= 0.3 is 6.18 Å². The molecular formula is C16H18F3N3O2. The number of amides is 1. The van der Waals surface area contributed by atoms with Crippen molar-refractivity contribution in [3.63, 3.8) is 0 Å². The zero-order valence-corrected chi connectivity index (χ0v) is 13.3. The number of halogens is 3. The summed E-state index contributed by atoms with van der Waals surface area (Å²) in [6.07, 6.45) is -4.60. The maximum absolute atomic E-state index is 13.2. The largest absolute Gasteiger partial charge is 0.449 e. The zero-order valence-electron chi connectivity index (χ0n) is 13.3. The molecule has 2 heterocycles. The molecule has 130 valence electrons. The summed E-state index contributed by atoms with van der Waals surface area (Å²) in [4.78, 5) is 17.6. The van der Waals surface area contributed by atoms with Crippen LogP contribution in [0.15, 0.2) is 18.2 Å². The van der Waals surface area contributed by atoms with Crippen molar-refractivity contribution in [2.75, 3.05) is 13.1 Å². The molecule has 1 aromatic carbocycles. The molecule has 0 saturated carbocycles. The van der Waals surface area contributed by atoms with Crippen molar-refractivity contribution in [1.82, 2.24) is 14.5 Å². The van der Waals surface area contributed by atoms with Crippen LogP contribution in [-0.4, -0.2) is 44.7 Å². The van der Waals surface area contributed by atoms with E-state index in [1.54, 1.807) is 13.8 Å². The fourth-order valence-electron chi connectivity index (χ4n) is 3.06. The number of hydrogen-bond acceptors (Lipinski definition) is 3. The highest BCUT2D eigenvalue weighted by atomic mass is 19.4. The lowest BCUT2D eigenvalue weighted by molar-refractivity contribution is -0.147. The van der Waals surface area contributed by atoms with Gasteiger partial charge in [0.05, 0.1) is 17.1 Å². The number of likely N-dealkylation sites (tertiary alicyclic amines) is 1. The summed E-state index contributed by atoms with van der Waals surface area (Å²) in [6.45, 7) is 3.99. The van der Waals surface area contributed by atoms with Gasteiger partial charge in [-0.25, -0.2) is 4.98 Å². The molecule has 1 fully saturated rings. The fraction of sp³-hybridized carbons (Fsp3) is 0.500. The van der Waals surface area contributed by atoms with Crippen molar-refractivity contribution < 1.29 is 23.1 Å². The number of β-amino-alcohol motifs (C(OH)–C–C–N with tert-alkyl or cyclic N) is 1. The first-order valence-corrected chi connectivity index (χ1v) is 7.75. The smallest absolute Gasteiger partial charge is 0.391 e. The Morgan fingerprint density at radius 3 is 2.62 bits per heavy atom. The van der Waals surface area contributed by atoms with Crippen LogP contribution in [0.5, 0.6) is 0 Å². The van der Waals surface area contributed by atoms with E-state index in [1.807, 2.05) is 0 Å². The zero-order chi connectivity index (χ0) is 17.6. The Bertz CT molecular complexity index is 783. The molecule has 1 atom stereocenters. The van der Waals surface area contributed by atoms with E-state index in [2.05, 4.69) is 4.98 Å². The summed E-state index contributed by atoms with van der Waals surface area (Å²) in [6, 6.07) is 3.98. The molecule has 0 aliphatic carbocycles. The highest BCUT2D eigenvalue weighted by Gasteiger charge is 2.38. The Kier molecular flexibility index (Phi) is 4.03. The Hall–Kier alpha value is -2.09. The minimum absolute atomic E-state index is 0.140. The van der Waals surface area contributed by atoms with Gasteiger partial charge in [0, 0.05) is 24.7 Å². The van der Waals surface area contributed by atoms with Crippen LogP contribution in [-0.2, 0) is 6.18 Å². The molecule has 1 saturated heterocycles. The highest BCUT2D eigenvalue weighted by molar-refractivity contribution is 5.97. The van der Waals surface area contributed by atoms with E-state index < -0.39 is 24.1 Å². The van der Waals surface area contributed by atoms with Gasteiger partial charge in [-0.15, -0.1) is 0 Å². The van der Waals surface area contributed by atoms with Crippen LogP contribution in [0.25, 0.3) is 11.0 Å². The van der Waals surface area contributed by atoms with Crippen LogP contribution in [0, 0.1) is 0 Å². The normalized spacial score (nSPS) is 18.8. The number of alkyl halides is 3. The van der Waals surface area contributed by atoms with Gasteiger partial charge in [-0.2, -0.15) is 13.2 Å². The first kappa shape index (κ1) is 16.8. The molecule has 5 nitrogen and oxygen atoms in total. The standard InChI is InChI=1S/C16H18F3N3O2/c1-9(2)22-13-4-3-10(14(24)21-6-5-11(23)8-21)7-12(13)20-15(22)16(17,18)19/h3-4,7,9,11,23H,5-6,8H2,1-2H3/t11-/m1/s1. The second-order valence-electron chi connectivity index (χ2n) is 6.29. The number of aliphatic hydroxyl groups excluding tert-OH is 1. The van der Waals surface area contributed by atoms with Gasteiger partial charge in [0.15, 0.2) is 0 Å². The molecule has 1 aromatic heterocycles. The average molecular weight is 341 g/mol. The second-order valence-corrected chi connectivity index (χ2v) is 6.29. The van der Waals surface area contributed by atoms with E-state index in [1.165, 1.54) is 23.1 Å². The van der Waals surface area contributed by atoms with Gasteiger partial charge < -0.3 is 14.6 Å². The molecule has 0 spiro atoms. The predicted molar refractivity (Wildman–Crippen MR) is 81.6 cm³/mol. The molecule has 1 aliphatic rings. The number of nitrogens with zero attached hydrogens (tertiary/aromatic N) is 3. The summed E-state index contributed by atoms with van der Waals surface area (Å²) in [5.74, 6) is -1.27. The van der Waals surface area contributed by atoms with Gasteiger partial charge in [0.1, 0.15) is 0 Å². The predicted octanol–water partition coefficient (Wildman–Crippen LogP) is 2.84. The molecule has 1 aliphatic heterocycles. The molecule has 0 radical (unpaired) electrons. The number of fused-ring (bicyclic) bond motifs is 1. The number of aromatic nitrogens is 2. The lowest BCUT2D eigenvalue weighted by Crippen LogP contribution is -2.29. The summed E-state index contributed by atoms with van der Waals surface area (Å²) in [7, 11) is 0. The van der Waals surface area contributed by atoms with Crippen LogP contribution >= 0.6 is 0 Å². The Morgan fingerprint density at radius 2 is 2.08 bits per heavy atom. The summed E-state index contributed by atoms with van der Waals surface area (Å²) in [5.41, 5.74) is 0.760. The molecule has 24 heavy (non-hydrogen) atoms. The molecule has 0 unspecified atom stereocenters. The number of rotatable bonds is 2. The Balaban J connectivity index is 2.04. The molecular weight excluding hydrogens is 323 g/mol. The third-order valence-corrected chi connectivity index (χ3v) is 4.16. The molecule has 1 amide bonds. The minimum atomic E-state index is -4.56. The number of hydrogen-bond donors (Lipinski definition) is 1. The van der Waals surface area contributed by atoms with Gasteiger partial charge in [-0.3, -0.25) is 4.79 Å². The van der Waals surface area contributed by atoms with E-state index >= 15 is 0 Å². The van der Waals surface area contributed by atoms with Crippen LogP contribution in [0.3, 0.4) is 0 Å². The van der Waals surface area contributed by atoms with Crippen LogP contribution in [0.4, 0.5) is 13.2 Å². The quantitative estimate of drug-likeness (QED) is 0.914. The van der Waals surface area contributed by atoms with E-state index in [9.17, 15) is 23.1 Å². The molecule has 3 rings (SSSR count). The first-order chi connectivity index (χ1) is 11.2. The van der Waals surface area contributed by atoms with Crippen molar-refractivity contribution >= 4 is 16.9 Å². The molecule has 1 N–H and O–H groups in total. The Morgan fingerprint density at radius 1 is 1.38 bits per heavy atom. The average Bonchev–Trinajstić information content (AvgIpc) is 3.08. The van der Waals surface area contributed by atoms with E-state index in [0.717, 1.165) is 4.57 Å². The first-order valence-electron chi connectivity index (χ1n) is 7.75. The van der Waals surface area contributed by atoms with Crippen LogP contribution < -0.4 is 0 Å². The van der Waals surface area contributed by atoms with Crippen molar-refractivity contribution in [2.24, 2.45) is 0 Å². The molecule has 2 aromatic rings. The van der Waals surface area contributed by atoms with E-state index in [4.69, 9.17) is 0 Å². The van der Waals surface area contributed by atoms with Gasteiger partial charge in [-0.05, 0) is 38.5 Å². The van der Waals surface area contributed by atoms with Gasteiger partial charge in [0.25, 0.3) is 5.91 Å². The second kappa shape index (κ2) is 5.77. The van der Waals surface area contributed by atoms with Crippen LogP contribution in [0.1, 0.15) is 42.5 Å². The van der Waals surface area contributed by atoms with Crippen molar-refractivity contribution in [3.8, 4) is 0 Å². The van der Waals surface area contributed by atoms with E-state index in [-0.39, 0.29) is 23.5 Å². The van der Waals surface area contributed by atoms with Crippen LogP contribution in [0.2, 0.25) is 0 Å². The molecule has 0 bridgehead atoms. The summed E-state index contributed by atoms with van der Waals surface area (Å²) < 4.78 is 40.8. The summed E-state index contributed by atoms with van der Waals surface area (Å²) >= 11 is 0. The van der Waals surface area contributed by atoms with Gasteiger partial charge in [0.2, 0.25) is 5.82 Å². The van der Waals surface area contributed by atoms with Crippen molar-refractivity contribution in [2.45, 2.75) is 38.6 Å². The molecule has 8 heteroatoms. The lowest BCUT2D eigenvalue weighted by Gasteiger charge is -2.16. The number of aliphatic hydroxyl groups is 1. The Labute approximate surface area is 136 Å². The fourth-order valence-corrected chi connectivity index (χ4v) is 3.06. The number of carbonyl (C=O) groups excluding carboxylic acids is 1. The lowest BCUT2D eigenvalue weighted by atomic mass is 10.1.